The molecule has 4 heteroatoms. The lowest BCUT2D eigenvalue weighted by Crippen LogP contribution is -2.18. The molecule has 0 aliphatic rings. The molecule has 1 atom stereocenters. The van der Waals surface area contributed by atoms with Crippen LogP contribution >= 0.6 is 0 Å². The molecule has 0 spiro atoms. The summed E-state index contributed by atoms with van der Waals surface area (Å²) >= 11 is 0. The molecule has 0 fully saturated rings. The van der Waals surface area contributed by atoms with Crippen LogP contribution in [0.4, 0.5) is 4.39 Å². The van der Waals surface area contributed by atoms with Gasteiger partial charge in [0.05, 0.1) is 19.3 Å². The summed E-state index contributed by atoms with van der Waals surface area (Å²) in [5.41, 5.74) is 1.72. The van der Waals surface area contributed by atoms with E-state index in [0.717, 1.165) is 16.9 Å². The molecule has 0 aliphatic carbocycles. The van der Waals surface area contributed by atoms with Gasteiger partial charge >= 0.3 is 0 Å². The van der Waals surface area contributed by atoms with Crippen LogP contribution in [-0.4, -0.2) is 19.1 Å². The van der Waals surface area contributed by atoms with Crippen LogP contribution in [-0.2, 0) is 0 Å². The summed E-state index contributed by atoms with van der Waals surface area (Å²) in [7, 11) is 3.44. The van der Waals surface area contributed by atoms with E-state index >= 15 is 0 Å². The van der Waals surface area contributed by atoms with Crippen LogP contribution in [0, 0.1) is 5.82 Å². The van der Waals surface area contributed by atoms with Gasteiger partial charge in [-0.05, 0) is 24.7 Å². The molecule has 0 amide bonds. The van der Waals surface area contributed by atoms with Gasteiger partial charge in [0.15, 0.2) is 0 Å². The van der Waals surface area contributed by atoms with Gasteiger partial charge in [-0.15, -0.1) is 0 Å². The van der Waals surface area contributed by atoms with Crippen molar-refractivity contribution in [1.29, 1.82) is 0 Å². The first-order valence-electron chi connectivity index (χ1n) is 5.67. The second-order valence-corrected chi connectivity index (χ2v) is 3.90. The minimum absolute atomic E-state index is 0.149. The highest BCUT2D eigenvalue weighted by Gasteiger charge is 2.16. The third-order valence-corrected chi connectivity index (χ3v) is 2.80. The average Bonchev–Trinajstić information content (AvgIpc) is 2.40. The van der Waals surface area contributed by atoms with Gasteiger partial charge in [-0.25, -0.2) is 4.39 Å². The zero-order chi connectivity index (χ0) is 13.0. The van der Waals surface area contributed by atoms with Crippen molar-refractivity contribution in [3.63, 3.8) is 0 Å². The van der Waals surface area contributed by atoms with Crippen molar-refractivity contribution in [3.05, 3.63) is 59.7 Å². The predicted octanol–water partition coefficient (Wildman–Crippen LogP) is 2.54. The highest BCUT2D eigenvalue weighted by atomic mass is 19.1. The first-order chi connectivity index (χ1) is 8.76. The largest absolute Gasteiger partial charge is 0.496 e. The quantitative estimate of drug-likeness (QED) is 0.900. The Hall–Kier alpha value is -1.94. The third kappa shape index (κ3) is 2.49. The fourth-order valence-electron chi connectivity index (χ4n) is 1.99. The predicted molar refractivity (Wildman–Crippen MR) is 68.1 cm³/mol. The van der Waals surface area contributed by atoms with Crippen LogP contribution in [0.15, 0.2) is 42.7 Å². The molecule has 0 saturated carbocycles. The molecule has 0 saturated heterocycles. The number of benzene rings is 1. The van der Waals surface area contributed by atoms with E-state index in [-0.39, 0.29) is 11.9 Å². The Balaban J connectivity index is 2.45. The molecule has 0 aliphatic heterocycles. The van der Waals surface area contributed by atoms with Crippen LogP contribution < -0.4 is 10.1 Å². The van der Waals surface area contributed by atoms with Crippen molar-refractivity contribution in [3.8, 4) is 5.75 Å². The van der Waals surface area contributed by atoms with E-state index in [9.17, 15) is 4.39 Å². The zero-order valence-electron chi connectivity index (χ0n) is 10.4. The van der Waals surface area contributed by atoms with Crippen molar-refractivity contribution in [2.45, 2.75) is 6.04 Å². The third-order valence-electron chi connectivity index (χ3n) is 2.80. The number of nitrogens with one attached hydrogen (secondary N) is 1. The lowest BCUT2D eigenvalue weighted by atomic mass is 9.99. The van der Waals surface area contributed by atoms with E-state index in [4.69, 9.17) is 4.74 Å². The van der Waals surface area contributed by atoms with Crippen LogP contribution in [0.3, 0.4) is 0 Å². The Kier molecular flexibility index (Phi) is 3.89. The minimum Gasteiger partial charge on any atom is -0.496 e. The summed E-state index contributed by atoms with van der Waals surface area (Å²) < 4.78 is 18.6. The number of halogens is 1. The number of rotatable bonds is 4. The van der Waals surface area contributed by atoms with Gasteiger partial charge in [-0.3, -0.25) is 4.98 Å². The lowest BCUT2D eigenvalue weighted by Gasteiger charge is -2.19. The molecule has 1 aromatic heterocycles. The average molecular weight is 246 g/mol. The second kappa shape index (κ2) is 5.60. The van der Waals surface area contributed by atoms with Crippen molar-refractivity contribution < 1.29 is 9.13 Å². The molecule has 1 N–H and O–H groups in total. The summed E-state index contributed by atoms with van der Waals surface area (Å²) in [6.07, 6.45) is 2.84. The maximum absolute atomic E-state index is 13.2. The molecule has 1 aromatic carbocycles. The number of ether oxygens (including phenoxy) is 1. The van der Waals surface area contributed by atoms with Crippen molar-refractivity contribution >= 4 is 0 Å². The van der Waals surface area contributed by atoms with E-state index in [2.05, 4.69) is 10.3 Å². The number of methoxy groups -OCH3 is 1. The number of hydrogen-bond donors (Lipinski definition) is 1. The van der Waals surface area contributed by atoms with E-state index < -0.39 is 0 Å². The number of hydrogen-bond acceptors (Lipinski definition) is 3. The highest BCUT2D eigenvalue weighted by Crippen LogP contribution is 2.29. The Morgan fingerprint density at radius 1 is 1.28 bits per heavy atom. The molecule has 1 heterocycles. The highest BCUT2D eigenvalue weighted by molar-refractivity contribution is 5.40. The summed E-state index contributed by atoms with van der Waals surface area (Å²) in [5.74, 6) is 0.420. The molecule has 18 heavy (non-hydrogen) atoms. The molecule has 0 bridgehead atoms. The zero-order valence-corrected chi connectivity index (χ0v) is 10.4. The van der Waals surface area contributed by atoms with Crippen molar-refractivity contribution in [2.24, 2.45) is 0 Å². The van der Waals surface area contributed by atoms with E-state index in [1.165, 1.54) is 12.3 Å². The summed E-state index contributed by atoms with van der Waals surface area (Å²) in [6, 6.07) is 8.98. The normalized spacial score (nSPS) is 12.2. The summed E-state index contributed by atoms with van der Waals surface area (Å²) in [5, 5.41) is 3.15. The molecular weight excluding hydrogens is 231 g/mol. The molecule has 3 nitrogen and oxygen atoms in total. The smallest absolute Gasteiger partial charge is 0.141 e. The van der Waals surface area contributed by atoms with Gasteiger partial charge in [0.1, 0.15) is 11.6 Å². The maximum Gasteiger partial charge on any atom is 0.141 e. The number of nitrogens with zero attached hydrogens (tertiary/aromatic N) is 1. The molecule has 1 unspecified atom stereocenters. The lowest BCUT2D eigenvalue weighted by molar-refractivity contribution is 0.405. The topological polar surface area (TPSA) is 34.2 Å². The standard InChI is InChI=1S/C14H15FN2O/c1-16-14(10-7-11(15)9-17-8-10)12-5-3-4-6-13(12)18-2/h3-9,14,16H,1-2H3. The molecule has 2 aromatic rings. The monoisotopic (exact) mass is 246 g/mol. The van der Waals surface area contributed by atoms with Crippen LogP contribution in [0.25, 0.3) is 0 Å². The Morgan fingerprint density at radius 3 is 2.72 bits per heavy atom. The van der Waals surface area contributed by atoms with Crippen LogP contribution in [0.1, 0.15) is 17.2 Å². The molecule has 94 valence electrons. The Morgan fingerprint density at radius 2 is 2.06 bits per heavy atom. The van der Waals surface area contributed by atoms with Gasteiger partial charge in [0.2, 0.25) is 0 Å². The fraction of sp³-hybridized carbons (Fsp3) is 0.214. The number of pyridine rings is 1. The second-order valence-electron chi connectivity index (χ2n) is 3.90. The van der Waals surface area contributed by atoms with Gasteiger partial charge in [-0.2, -0.15) is 0 Å². The fourth-order valence-corrected chi connectivity index (χ4v) is 1.99. The number of para-hydroxylation sites is 1. The summed E-state index contributed by atoms with van der Waals surface area (Å²) in [6.45, 7) is 0. The van der Waals surface area contributed by atoms with Gasteiger partial charge in [0, 0.05) is 11.8 Å². The van der Waals surface area contributed by atoms with Crippen LogP contribution in [0.5, 0.6) is 5.75 Å². The Labute approximate surface area is 106 Å². The molecule has 0 radical (unpaired) electrons. The SMILES string of the molecule is CNC(c1cncc(F)c1)c1ccccc1OC. The van der Waals surface area contributed by atoms with Crippen LogP contribution in [0.2, 0.25) is 0 Å². The van der Waals surface area contributed by atoms with E-state index in [0.29, 0.717) is 0 Å². The van der Waals surface area contributed by atoms with Crippen molar-refractivity contribution in [2.75, 3.05) is 14.2 Å². The number of aromatic nitrogens is 1. The molecular formula is C14H15FN2O. The van der Waals surface area contributed by atoms with E-state index in [1.54, 1.807) is 13.3 Å². The van der Waals surface area contributed by atoms with Crippen molar-refractivity contribution in [1.82, 2.24) is 10.3 Å². The first-order valence-corrected chi connectivity index (χ1v) is 5.67. The Bertz CT molecular complexity index is 531. The van der Waals surface area contributed by atoms with Gasteiger partial charge in [-0.1, -0.05) is 18.2 Å². The van der Waals surface area contributed by atoms with E-state index in [1.807, 2.05) is 31.3 Å². The maximum atomic E-state index is 13.2. The minimum atomic E-state index is -0.345. The first kappa shape index (κ1) is 12.5. The van der Waals surface area contributed by atoms with Gasteiger partial charge in [0.25, 0.3) is 0 Å². The molecule has 2 rings (SSSR count). The summed E-state index contributed by atoms with van der Waals surface area (Å²) in [4.78, 5) is 3.88. The van der Waals surface area contributed by atoms with Gasteiger partial charge < -0.3 is 10.1 Å².